The fraction of sp³-hybridized carbons (Fsp3) is 0.538. The normalized spacial score (nSPS) is 16.9. The van der Waals surface area contributed by atoms with Gasteiger partial charge in [0.15, 0.2) is 0 Å². The zero-order chi connectivity index (χ0) is 11.3. The monoisotopic (exact) mass is 215 g/mol. The molecule has 1 fully saturated rings. The van der Waals surface area contributed by atoms with Crippen molar-refractivity contribution in [1.29, 1.82) is 0 Å². The Hall–Kier alpha value is -1.38. The van der Waals surface area contributed by atoms with E-state index in [-0.39, 0.29) is 5.54 Å². The summed E-state index contributed by atoms with van der Waals surface area (Å²) in [7, 11) is 0. The van der Waals surface area contributed by atoms with Crippen LogP contribution in [0.15, 0.2) is 18.6 Å². The van der Waals surface area contributed by atoms with Crippen molar-refractivity contribution in [3.05, 3.63) is 24.3 Å². The fourth-order valence-corrected chi connectivity index (χ4v) is 2.19. The summed E-state index contributed by atoms with van der Waals surface area (Å²) >= 11 is 0. The standard InChI is InChI=1S/C13H17N3/c1-13(2,3)16-7-6-10-11(9-4-5-9)14-8-15-12(10)16/h6-9H,4-5H2,1-3H3. The first-order chi connectivity index (χ1) is 7.57. The van der Waals surface area contributed by atoms with Gasteiger partial charge in [-0.2, -0.15) is 0 Å². The number of nitrogens with zero attached hydrogens (tertiary/aromatic N) is 3. The van der Waals surface area contributed by atoms with E-state index in [0.29, 0.717) is 5.92 Å². The zero-order valence-corrected chi connectivity index (χ0v) is 10.1. The summed E-state index contributed by atoms with van der Waals surface area (Å²) in [4.78, 5) is 8.87. The summed E-state index contributed by atoms with van der Waals surface area (Å²) in [5.74, 6) is 0.682. The lowest BCUT2D eigenvalue weighted by Gasteiger charge is -2.21. The number of fused-ring (bicyclic) bond motifs is 1. The van der Waals surface area contributed by atoms with Crippen molar-refractivity contribution in [3.63, 3.8) is 0 Å². The predicted molar refractivity (Wildman–Crippen MR) is 64.5 cm³/mol. The molecule has 2 aromatic heterocycles. The molecular formula is C13H17N3. The number of rotatable bonds is 1. The molecule has 1 aliphatic carbocycles. The molecule has 0 saturated heterocycles. The molecule has 0 aromatic carbocycles. The van der Waals surface area contributed by atoms with E-state index >= 15 is 0 Å². The molecule has 1 aliphatic rings. The molecule has 0 radical (unpaired) electrons. The molecule has 3 nitrogen and oxygen atoms in total. The Bertz CT molecular complexity index is 530. The smallest absolute Gasteiger partial charge is 0.144 e. The second-order valence-corrected chi connectivity index (χ2v) is 5.63. The highest BCUT2D eigenvalue weighted by atomic mass is 15.1. The van der Waals surface area contributed by atoms with Gasteiger partial charge in [0.05, 0.1) is 5.69 Å². The van der Waals surface area contributed by atoms with Gasteiger partial charge in [-0.3, -0.25) is 0 Å². The van der Waals surface area contributed by atoms with E-state index in [2.05, 4.69) is 47.6 Å². The highest BCUT2D eigenvalue weighted by molar-refractivity contribution is 5.79. The third-order valence-corrected chi connectivity index (χ3v) is 3.20. The average Bonchev–Trinajstić information content (AvgIpc) is 2.94. The van der Waals surface area contributed by atoms with E-state index in [0.717, 1.165) is 5.65 Å². The van der Waals surface area contributed by atoms with Crippen LogP contribution in [0.5, 0.6) is 0 Å². The minimum Gasteiger partial charge on any atom is -0.327 e. The maximum absolute atomic E-state index is 4.44. The van der Waals surface area contributed by atoms with Crippen LogP contribution < -0.4 is 0 Å². The number of aromatic nitrogens is 3. The molecule has 3 heteroatoms. The van der Waals surface area contributed by atoms with E-state index in [4.69, 9.17) is 0 Å². The van der Waals surface area contributed by atoms with Crippen molar-refractivity contribution in [3.8, 4) is 0 Å². The van der Waals surface area contributed by atoms with Gasteiger partial charge < -0.3 is 4.57 Å². The van der Waals surface area contributed by atoms with Crippen molar-refractivity contribution < 1.29 is 0 Å². The SMILES string of the molecule is CC(C)(C)n1ccc2c(C3CC3)ncnc21. The topological polar surface area (TPSA) is 30.7 Å². The zero-order valence-electron chi connectivity index (χ0n) is 10.1. The van der Waals surface area contributed by atoms with Crippen LogP contribution in [0.25, 0.3) is 11.0 Å². The minimum atomic E-state index is 0.0803. The minimum absolute atomic E-state index is 0.0803. The van der Waals surface area contributed by atoms with Crippen molar-refractivity contribution in [2.75, 3.05) is 0 Å². The van der Waals surface area contributed by atoms with Gasteiger partial charge in [-0.15, -0.1) is 0 Å². The molecule has 84 valence electrons. The van der Waals surface area contributed by atoms with Gasteiger partial charge in [0.25, 0.3) is 0 Å². The third-order valence-electron chi connectivity index (χ3n) is 3.20. The van der Waals surface area contributed by atoms with Gasteiger partial charge in [0.2, 0.25) is 0 Å². The Balaban J connectivity index is 2.24. The lowest BCUT2D eigenvalue weighted by atomic mass is 10.1. The maximum Gasteiger partial charge on any atom is 0.144 e. The number of hydrogen-bond donors (Lipinski definition) is 0. The van der Waals surface area contributed by atoms with Crippen molar-refractivity contribution >= 4 is 11.0 Å². The van der Waals surface area contributed by atoms with Gasteiger partial charge in [-0.25, -0.2) is 9.97 Å². The van der Waals surface area contributed by atoms with Crippen LogP contribution in [0.3, 0.4) is 0 Å². The molecule has 0 bridgehead atoms. The second-order valence-electron chi connectivity index (χ2n) is 5.63. The molecule has 0 aliphatic heterocycles. The molecule has 2 heterocycles. The molecular weight excluding hydrogens is 198 g/mol. The molecule has 16 heavy (non-hydrogen) atoms. The summed E-state index contributed by atoms with van der Waals surface area (Å²) in [6, 6.07) is 2.16. The first-order valence-corrected chi connectivity index (χ1v) is 5.90. The first kappa shape index (κ1) is 9.82. The predicted octanol–water partition coefficient (Wildman–Crippen LogP) is 3.06. The summed E-state index contributed by atoms with van der Waals surface area (Å²) in [6.45, 7) is 6.60. The van der Waals surface area contributed by atoms with Crippen LogP contribution in [0.4, 0.5) is 0 Å². The van der Waals surface area contributed by atoms with Gasteiger partial charge >= 0.3 is 0 Å². The number of hydrogen-bond acceptors (Lipinski definition) is 2. The second kappa shape index (κ2) is 3.06. The maximum atomic E-state index is 4.44. The highest BCUT2D eigenvalue weighted by Crippen LogP contribution is 2.41. The summed E-state index contributed by atoms with van der Waals surface area (Å²) in [5.41, 5.74) is 2.40. The quantitative estimate of drug-likeness (QED) is 0.732. The molecule has 0 N–H and O–H groups in total. The Labute approximate surface area is 95.5 Å². The van der Waals surface area contributed by atoms with E-state index in [1.807, 2.05) is 0 Å². The van der Waals surface area contributed by atoms with Crippen molar-refractivity contribution in [2.24, 2.45) is 0 Å². The summed E-state index contributed by atoms with van der Waals surface area (Å²) in [6.07, 6.45) is 6.41. The largest absolute Gasteiger partial charge is 0.327 e. The molecule has 0 atom stereocenters. The van der Waals surface area contributed by atoms with Crippen molar-refractivity contribution in [2.45, 2.75) is 45.1 Å². The van der Waals surface area contributed by atoms with E-state index in [1.54, 1.807) is 6.33 Å². The van der Waals surface area contributed by atoms with Gasteiger partial charge in [0.1, 0.15) is 12.0 Å². The van der Waals surface area contributed by atoms with E-state index in [1.165, 1.54) is 23.9 Å². The van der Waals surface area contributed by atoms with Gasteiger partial charge in [0, 0.05) is 23.0 Å². The highest BCUT2D eigenvalue weighted by Gasteiger charge is 2.28. The lowest BCUT2D eigenvalue weighted by Crippen LogP contribution is -2.20. The Morgan fingerprint density at radius 3 is 2.62 bits per heavy atom. The molecule has 0 amide bonds. The Kier molecular flexibility index (Phi) is 1.88. The summed E-state index contributed by atoms with van der Waals surface area (Å²) in [5, 5.41) is 1.24. The fourth-order valence-electron chi connectivity index (χ4n) is 2.19. The molecule has 3 rings (SSSR count). The molecule has 0 spiro atoms. The Morgan fingerprint density at radius 1 is 1.25 bits per heavy atom. The molecule has 0 unspecified atom stereocenters. The van der Waals surface area contributed by atoms with Crippen LogP contribution in [0.1, 0.15) is 45.2 Å². The van der Waals surface area contributed by atoms with Crippen molar-refractivity contribution in [1.82, 2.24) is 14.5 Å². The van der Waals surface area contributed by atoms with Gasteiger partial charge in [-0.05, 0) is 39.7 Å². The molecule has 2 aromatic rings. The van der Waals surface area contributed by atoms with E-state index in [9.17, 15) is 0 Å². The third kappa shape index (κ3) is 1.42. The molecule has 1 saturated carbocycles. The van der Waals surface area contributed by atoms with Crippen LogP contribution in [0.2, 0.25) is 0 Å². The van der Waals surface area contributed by atoms with E-state index < -0.39 is 0 Å². The van der Waals surface area contributed by atoms with Crippen LogP contribution in [0, 0.1) is 0 Å². The van der Waals surface area contributed by atoms with Crippen LogP contribution in [-0.2, 0) is 5.54 Å². The van der Waals surface area contributed by atoms with Crippen LogP contribution >= 0.6 is 0 Å². The Morgan fingerprint density at radius 2 is 2.00 bits per heavy atom. The first-order valence-electron chi connectivity index (χ1n) is 5.90. The lowest BCUT2D eigenvalue weighted by molar-refractivity contribution is 0.408. The average molecular weight is 215 g/mol. The summed E-state index contributed by atoms with van der Waals surface area (Å²) < 4.78 is 2.23. The van der Waals surface area contributed by atoms with Crippen LogP contribution in [-0.4, -0.2) is 14.5 Å². The van der Waals surface area contributed by atoms with Gasteiger partial charge in [-0.1, -0.05) is 0 Å².